The van der Waals surface area contributed by atoms with E-state index in [1.807, 2.05) is 51.1 Å². The fourth-order valence-electron chi connectivity index (χ4n) is 4.20. The second-order valence-corrected chi connectivity index (χ2v) is 7.95. The third-order valence-electron chi connectivity index (χ3n) is 5.91. The molecule has 4 rings (SSSR count). The van der Waals surface area contributed by atoms with Gasteiger partial charge in [0.2, 0.25) is 0 Å². The van der Waals surface area contributed by atoms with Gasteiger partial charge in [0.15, 0.2) is 0 Å². The Hall–Kier alpha value is -3.08. The first kappa shape index (κ1) is 20.2. The summed E-state index contributed by atoms with van der Waals surface area (Å²) in [6, 6.07) is 13.2. The lowest BCUT2D eigenvalue weighted by molar-refractivity contribution is -0.120. The summed E-state index contributed by atoms with van der Waals surface area (Å²) < 4.78 is 5.59. The van der Waals surface area contributed by atoms with Crippen molar-refractivity contribution in [3.63, 3.8) is 0 Å². The number of carbonyl (C=O) groups excluding carboxylic acids is 2. The zero-order valence-corrected chi connectivity index (χ0v) is 17.9. The molecule has 2 heterocycles. The number of anilines is 1. The first-order valence-corrected chi connectivity index (χ1v) is 10.7. The number of nitrogens with zero attached hydrogens (tertiary/aromatic N) is 2. The minimum absolute atomic E-state index is 0.247. The summed E-state index contributed by atoms with van der Waals surface area (Å²) >= 11 is 0. The Morgan fingerprint density at radius 1 is 0.900 bits per heavy atom. The zero-order valence-electron chi connectivity index (χ0n) is 17.9. The van der Waals surface area contributed by atoms with Crippen LogP contribution in [0.1, 0.15) is 42.9 Å². The van der Waals surface area contributed by atoms with Crippen LogP contribution >= 0.6 is 0 Å². The van der Waals surface area contributed by atoms with E-state index in [-0.39, 0.29) is 11.8 Å². The average molecular weight is 405 g/mol. The molecule has 1 saturated heterocycles. The van der Waals surface area contributed by atoms with Gasteiger partial charge in [-0.05, 0) is 68.9 Å². The summed E-state index contributed by atoms with van der Waals surface area (Å²) in [6.45, 7) is 8.12. The Kier molecular flexibility index (Phi) is 5.62. The standard InChI is InChI=1S/C25H28N2O3/c1-4-30-21-10-8-9-20(16-21)27-24(28)22(19-12-11-17(2)18(3)15-19)23(25(27)29)26-13-6-5-7-14-26/h8-12,15-16H,4-7,13-14H2,1-3H3. The van der Waals surface area contributed by atoms with Crippen molar-refractivity contribution in [1.29, 1.82) is 0 Å². The monoisotopic (exact) mass is 404 g/mol. The van der Waals surface area contributed by atoms with Crippen molar-refractivity contribution >= 4 is 23.1 Å². The van der Waals surface area contributed by atoms with Gasteiger partial charge in [0.05, 0.1) is 17.9 Å². The number of rotatable bonds is 5. The number of ether oxygens (including phenoxy) is 1. The summed E-state index contributed by atoms with van der Waals surface area (Å²) in [6.07, 6.45) is 3.22. The maximum Gasteiger partial charge on any atom is 0.282 e. The molecule has 0 spiro atoms. The van der Waals surface area contributed by atoms with Crippen LogP contribution in [0.25, 0.3) is 5.57 Å². The topological polar surface area (TPSA) is 49.9 Å². The van der Waals surface area contributed by atoms with Gasteiger partial charge in [-0.3, -0.25) is 9.59 Å². The maximum absolute atomic E-state index is 13.6. The minimum Gasteiger partial charge on any atom is -0.494 e. The second kappa shape index (κ2) is 8.34. The Morgan fingerprint density at radius 3 is 2.37 bits per heavy atom. The summed E-state index contributed by atoms with van der Waals surface area (Å²) in [5.74, 6) is 0.135. The van der Waals surface area contributed by atoms with Gasteiger partial charge in [-0.25, -0.2) is 4.90 Å². The highest BCUT2D eigenvalue weighted by Crippen LogP contribution is 2.37. The van der Waals surface area contributed by atoms with Crippen molar-refractivity contribution < 1.29 is 14.3 Å². The lowest BCUT2D eigenvalue weighted by Crippen LogP contribution is -2.37. The molecule has 5 heteroatoms. The number of benzene rings is 2. The molecule has 0 atom stereocenters. The highest BCUT2D eigenvalue weighted by Gasteiger charge is 2.42. The van der Waals surface area contributed by atoms with Crippen LogP contribution in [0.4, 0.5) is 5.69 Å². The van der Waals surface area contributed by atoms with Crippen molar-refractivity contribution in [1.82, 2.24) is 4.90 Å². The number of imide groups is 1. The van der Waals surface area contributed by atoms with Crippen molar-refractivity contribution in [2.45, 2.75) is 40.0 Å². The number of hydrogen-bond acceptors (Lipinski definition) is 4. The largest absolute Gasteiger partial charge is 0.494 e. The van der Waals surface area contributed by atoms with E-state index >= 15 is 0 Å². The smallest absolute Gasteiger partial charge is 0.282 e. The molecule has 2 amide bonds. The first-order valence-electron chi connectivity index (χ1n) is 10.7. The van der Waals surface area contributed by atoms with Crippen LogP contribution in [0.3, 0.4) is 0 Å². The van der Waals surface area contributed by atoms with Crippen molar-refractivity contribution in [2.75, 3.05) is 24.6 Å². The van der Waals surface area contributed by atoms with Gasteiger partial charge in [0.1, 0.15) is 11.4 Å². The molecule has 0 radical (unpaired) electrons. The lowest BCUT2D eigenvalue weighted by Gasteiger charge is -2.29. The molecule has 0 saturated carbocycles. The van der Waals surface area contributed by atoms with E-state index < -0.39 is 0 Å². The molecule has 0 bridgehead atoms. The normalized spacial score (nSPS) is 17.2. The van der Waals surface area contributed by atoms with Gasteiger partial charge in [-0.1, -0.05) is 24.3 Å². The molecule has 30 heavy (non-hydrogen) atoms. The van der Waals surface area contributed by atoms with Gasteiger partial charge >= 0.3 is 0 Å². The predicted molar refractivity (Wildman–Crippen MR) is 118 cm³/mol. The summed E-state index contributed by atoms with van der Waals surface area (Å²) in [7, 11) is 0. The van der Waals surface area contributed by atoms with Gasteiger partial charge in [0, 0.05) is 19.2 Å². The number of amides is 2. The number of likely N-dealkylation sites (tertiary alicyclic amines) is 1. The Morgan fingerprint density at radius 2 is 1.67 bits per heavy atom. The van der Waals surface area contributed by atoms with Crippen LogP contribution in [0.2, 0.25) is 0 Å². The fraction of sp³-hybridized carbons (Fsp3) is 0.360. The Labute approximate surface area is 177 Å². The van der Waals surface area contributed by atoms with Crippen LogP contribution in [0.5, 0.6) is 5.75 Å². The fourth-order valence-corrected chi connectivity index (χ4v) is 4.20. The Balaban J connectivity index is 1.81. The minimum atomic E-state index is -0.266. The van der Waals surface area contributed by atoms with Crippen LogP contribution < -0.4 is 9.64 Å². The number of aryl methyl sites for hydroxylation is 2. The maximum atomic E-state index is 13.6. The number of carbonyl (C=O) groups is 2. The molecule has 5 nitrogen and oxygen atoms in total. The lowest BCUT2D eigenvalue weighted by atomic mass is 9.98. The van der Waals surface area contributed by atoms with Gasteiger partial charge in [-0.2, -0.15) is 0 Å². The third kappa shape index (κ3) is 3.60. The van der Waals surface area contributed by atoms with E-state index in [1.165, 1.54) is 4.90 Å². The highest BCUT2D eigenvalue weighted by atomic mass is 16.5. The van der Waals surface area contributed by atoms with E-state index in [0.29, 0.717) is 29.3 Å². The molecule has 2 aromatic carbocycles. The van der Waals surface area contributed by atoms with Gasteiger partial charge in [0.25, 0.3) is 11.8 Å². The van der Waals surface area contributed by atoms with Crippen molar-refractivity contribution in [2.24, 2.45) is 0 Å². The number of piperidine rings is 1. The summed E-state index contributed by atoms with van der Waals surface area (Å²) in [5.41, 5.74) is 4.66. The van der Waals surface area contributed by atoms with E-state index in [9.17, 15) is 9.59 Å². The van der Waals surface area contributed by atoms with Crippen molar-refractivity contribution in [3.05, 3.63) is 64.9 Å². The van der Waals surface area contributed by atoms with E-state index in [0.717, 1.165) is 49.0 Å². The SMILES string of the molecule is CCOc1cccc(N2C(=O)C(c3ccc(C)c(C)c3)=C(N3CCCCC3)C2=O)c1. The summed E-state index contributed by atoms with van der Waals surface area (Å²) in [4.78, 5) is 30.6. The highest BCUT2D eigenvalue weighted by molar-refractivity contribution is 6.45. The van der Waals surface area contributed by atoms with Gasteiger partial charge in [-0.15, -0.1) is 0 Å². The quantitative estimate of drug-likeness (QED) is 0.690. The third-order valence-corrected chi connectivity index (χ3v) is 5.91. The first-order chi connectivity index (χ1) is 14.5. The molecular weight excluding hydrogens is 376 g/mol. The van der Waals surface area contributed by atoms with Crippen LogP contribution in [0.15, 0.2) is 48.2 Å². The molecular formula is C25H28N2O3. The summed E-state index contributed by atoms with van der Waals surface area (Å²) in [5, 5.41) is 0. The predicted octanol–water partition coefficient (Wildman–Crippen LogP) is 4.47. The van der Waals surface area contributed by atoms with Crippen LogP contribution in [-0.4, -0.2) is 36.4 Å². The molecule has 0 aromatic heterocycles. The van der Waals surface area contributed by atoms with Crippen LogP contribution in [0, 0.1) is 13.8 Å². The second-order valence-electron chi connectivity index (χ2n) is 7.95. The van der Waals surface area contributed by atoms with E-state index in [2.05, 4.69) is 4.90 Å². The molecule has 2 aromatic rings. The zero-order chi connectivity index (χ0) is 21.3. The van der Waals surface area contributed by atoms with Crippen molar-refractivity contribution in [3.8, 4) is 5.75 Å². The van der Waals surface area contributed by atoms with Crippen LogP contribution in [-0.2, 0) is 9.59 Å². The van der Waals surface area contributed by atoms with E-state index in [4.69, 9.17) is 4.74 Å². The molecule has 0 aliphatic carbocycles. The molecule has 156 valence electrons. The number of hydrogen-bond donors (Lipinski definition) is 0. The molecule has 2 aliphatic heterocycles. The average Bonchev–Trinajstić information content (AvgIpc) is 3.01. The molecule has 0 unspecified atom stereocenters. The molecule has 1 fully saturated rings. The molecule has 2 aliphatic rings. The Bertz CT molecular complexity index is 1020. The van der Waals surface area contributed by atoms with E-state index in [1.54, 1.807) is 12.1 Å². The van der Waals surface area contributed by atoms with Gasteiger partial charge < -0.3 is 9.64 Å². The molecule has 0 N–H and O–H groups in total.